The van der Waals surface area contributed by atoms with Gasteiger partial charge in [-0.05, 0) is 24.6 Å². The number of rotatable bonds is 6. The van der Waals surface area contributed by atoms with Crippen molar-refractivity contribution in [1.29, 1.82) is 0 Å². The molecule has 4 aromatic rings. The Kier molecular flexibility index (Phi) is 5.20. The first-order chi connectivity index (χ1) is 14.2. The fourth-order valence-electron chi connectivity index (χ4n) is 3.04. The molecule has 0 saturated heterocycles. The molecular formula is C22H19N3O4. The van der Waals surface area contributed by atoms with Crippen molar-refractivity contribution in [2.24, 2.45) is 0 Å². The quantitative estimate of drug-likeness (QED) is 0.466. The van der Waals surface area contributed by atoms with Crippen molar-refractivity contribution in [2.75, 3.05) is 0 Å². The molecule has 146 valence electrons. The predicted molar refractivity (Wildman–Crippen MR) is 107 cm³/mol. The third kappa shape index (κ3) is 3.80. The summed E-state index contributed by atoms with van der Waals surface area (Å²) in [6.07, 6.45) is 2.18. The summed E-state index contributed by atoms with van der Waals surface area (Å²) in [5.74, 6) is -0.160. The number of aromatic nitrogens is 3. The molecule has 0 unspecified atom stereocenters. The van der Waals surface area contributed by atoms with Crippen LogP contribution in [0.5, 0.6) is 0 Å². The van der Waals surface area contributed by atoms with Crippen molar-refractivity contribution in [3.63, 3.8) is 0 Å². The van der Waals surface area contributed by atoms with Gasteiger partial charge in [-0.15, -0.1) is 0 Å². The number of hydrogen-bond donors (Lipinski definition) is 0. The van der Waals surface area contributed by atoms with Gasteiger partial charge in [0, 0.05) is 17.5 Å². The van der Waals surface area contributed by atoms with E-state index in [1.165, 1.54) is 10.9 Å². The summed E-state index contributed by atoms with van der Waals surface area (Å²) in [7, 11) is 0. The summed E-state index contributed by atoms with van der Waals surface area (Å²) < 4.78 is 12.2. The van der Waals surface area contributed by atoms with Crippen molar-refractivity contribution < 1.29 is 13.9 Å². The number of carbonyl (C=O) groups is 1. The molecule has 0 aliphatic carbocycles. The van der Waals surface area contributed by atoms with Crippen molar-refractivity contribution in [1.82, 2.24) is 14.8 Å². The van der Waals surface area contributed by atoms with Crippen LogP contribution in [0, 0.1) is 0 Å². The van der Waals surface area contributed by atoms with Crippen molar-refractivity contribution in [2.45, 2.75) is 26.5 Å². The maximum atomic E-state index is 12.7. The van der Waals surface area contributed by atoms with Crippen LogP contribution in [0.15, 0.2) is 70.1 Å². The van der Waals surface area contributed by atoms with E-state index >= 15 is 0 Å². The fourth-order valence-corrected chi connectivity index (χ4v) is 3.04. The highest BCUT2D eigenvalue weighted by Crippen LogP contribution is 2.19. The van der Waals surface area contributed by atoms with Gasteiger partial charge in [-0.3, -0.25) is 4.79 Å². The van der Waals surface area contributed by atoms with E-state index in [1.54, 1.807) is 24.3 Å². The average Bonchev–Trinajstić information content (AvgIpc) is 3.24. The summed E-state index contributed by atoms with van der Waals surface area (Å²) in [4.78, 5) is 29.6. The molecule has 4 rings (SSSR count). The van der Waals surface area contributed by atoms with Gasteiger partial charge in [0.25, 0.3) is 5.56 Å². The molecule has 2 heterocycles. The van der Waals surface area contributed by atoms with E-state index in [2.05, 4.69) is 10.1 Å². The van der Waals surface area contributed by atoms with Crippen LogP contribution in [0.2, 0.25) is 0 Å². The average molecular weight is 389 g/mol. The van der Waals surface area contributed by atoms with Crippen LogP contribution in [0.1, 0.15) is 29.5 Å². The van der Waals surface area contributed by atoms with Crippen LogP contribution in [0.25, 0.3) is 22.2 Å². The summed E-state index contributed by atoms with van der Waals surface area (Å²) >= 11 is 0. The first-order valence-corrected chi connectivity index (χ1v) is 9.34. The highest BCUT2D eigenvalue weighted by molar-refractivity contribution is 6.02. The number of fused-ring (bicyclic) bond motifs is 1. The zero-order valence-corrected chi connectivity index (χ0v) is 15.9. The lowest BCUT2D eigenvalue weighted by molar-refractivity contribution is 0.0460. The highest BCUT2D eigenvalue weighted by atomic mass is 16.5. The van der Waals surface area contributed by atoms with Gasteiger partial charge < -0.3 is 9.15 Å². The van der Waals surface area contributed by atoms with E-state index in [4.69, 9.17) is 9.15 Å². The van der Waals surface area contributed by atoms with Crippen LogP contribution in [0.4, 0.5) is 0 Å². The Morgan fingerprint density at radius 1 is 1.07 bits per heavy atom. The van der Waals surface area contributed by atoms with Crippen molar-refractivity contribution in [3.8, 4) is 11.5 Å². The molecule has 2 aromatic heterocycles. The summed E-state index contributed by atoms with van der Waals surface area (Å²) in [6.45, 7) is 2.31. The van der Waals surface area contributed by atoms with E-state index in [-0.39, 0.29) is 17.9 Å². The van der Waals surface area contributed by atoms with E-state index < -0.39 is 5.97 Å². The fraction of sp³-hybridized carbons (Fsp3) is 0.182. The van der Waals surface area contributed by atoms with E-state index in [0.717, 1.165) is 12.0 Å². The first kappa shape index (κ1) is 18.6. The van der Waals surface area contributed by atoms with Crippen LogP contribution in [-0.2, 0) is 17.9 Å². The van der Waals surface area contributed by atoms with E-state index in [1.807, 2.05) is 37.3 Å². The van der Waals surface area contributed by atoms with Crippen LogP contribution < -0.4 is 5.56 Å². The summed E-state index contributed by atoms with van der Waals surface area (Å²) in [5.41, 5.74) is 1.22. The second kappa shape index (κ2) is 8.10. The molecule has 0 saturated carbocycles. The molecule has 0 N–H and O–H groups in total. The maximum absolute atomic E-state index is 12.7. The molecule has 0 aliphatic rings. The Morgan fingerprint density at radius 3 is 2.55 bits per heavy atom. The topological polar surface area (TPSA) is 87.2 Å². The summed E-state index contributed by atoms with van der Waals surface area (Å²) in [6, 6.07) is 16.4. The van der Waals surface area contributed by atoms with Crippen LogP contribution in [-0.4, -0.2) is 20.7 Å². The van der Waals surface area contributed by atoms with Gasteiger partial charge in [-0.1, -0.05) is 43.3 Å². The van der Waals surface area contributed by atoms with Gasteiger partial charge in [0.1, 0.15) is 18.6 Å². The largest absolute Gasteiger partial charge is 0.454 e. The Hall–Kier alpha value is -3.74. The van der Waals surface area contributed by atoms with Gasteiger partial charge in [0.05, 0.1) is 5.39 Å². The number of aryl methyl sites for hydroxylation is 1. The lowest BCUT2D eigenvalue weighted by Crippen LogP contribution is -2.26. The number of carbonyl (C=O) groups excluding carboxylic acids is 1. The molecule has 0 aliphatic heterocycles. The number of oxazole rings is 1. The lowest BCUT2D eigenvalue weighted by Gasteiger charge is -2.09. The first-order valence-electron chi connectivity index (χ1n) is 9.34. The van der Waals surface area contributed by atoms with E-state index in [0.29, 0.717) is 28.9 Å². The number of benzene rings is 2. The van der Waals surface area contributed by atoms with Gasteiger partial charge >= 0.3 is 5.97 Å². The predicted octanol–water partition coefficient (Wildman–Crippen LogP) is 3.82. The number of ether oxygens (including phenoxy) is 1. The SMILES string of the molecule is CCCn1nc(C(=O)OCc2coc(-c3ccccc3)n2)c2ccccc2c1=O. The minimum absolute atomic E-state index is 0.0575. The molecular weight excluding hydrogens is 370 g/mol. The Morgan fingerprint density at radius 2 is 1.79 bits per heavy atom. The maximum Gasteiger partial charge on any atom is 0.359 e. The smallest absolute Gasteiger partial charge is 0.359 e. The molecule has 0 amide bonds. The van der Waals surface area contributed by atoms with Gasteiger partial charge in [0.2, 0.25) is 5.89 Å². The molecule has 0 spiro atoms. The second-order valence-corrected chi connectivity index (χ2v) is 6.51. The summed E-state index contributed by atoms with van der Waals surface area (Å²) in [5, 5.41) is 5.15. The highest BCUT2D eigenvalue weighted by Gasteiger charge is 2.18. The monoisotopic (exact) mass is 389 g/mol. The molecule has 7 heteroatoms. The van der Waals surface area contributed by atoms with E-state index in [9.17, 15) is 9.59 Å². The number of esters is 1. The minimum atomic E-state index is -0.615. The molecule has 2 aromatic carbocycles. The normalized spacial score (nSPS) is 10.9. The van der Waals surface area contributed by atoms with Gasteiger partial charge in [0.15, 0.2) is 5.69 Å². The van der Waals surface area contributed by atoms with Gasteiger partial charge in [-0.25, -0.2) is 14.5 Å². The standard InChI is InChI=1S/C22H19N3O4/c1-2-12-25-21(26)18-11-7-6-10-17(18)19(24-25)22(27)29-14-16-13-28-20(23-16)15-8-4-3-5-9-15/h3-11,13H,2,12,14H2,1H3. The second-order valence-electron chi connectivity index (χ2n) is 6.51. The molecule has 0 bridgehead atoms. The third-order valence-electron chi connectivity index (χ3n) is 4.42. The Balaban J connectivity index is 1.58. The molecule has 0 fully saturated rings. The zero-order valence-electron chi connectivity index (χ0n) is 15.9. The number of nitrogens with zero attached hydrogens (tertiary/aromatic N) is 3. The van der Waals surface area contributed by atoms with Crippen molar-refractivity contribution >= 4 is 16.7 Å². The molecule has 29 heavy (non-hydrogen) atoms. The molecule has 0 radical (unpaired) electrons. The number of hydrogen-bond acceptors (Lipinski definition) is 6. The lowest BCUT2D eigenvalue weighted by atomic mass is 10.1. The van der Waals surface area contributed by atoms with Crippen molar-refractivity contribution in [3.05, 3.63) is 82.6 Å². The van der Waals surface area contributed by atoms with Crippen LogP contribution >= 0.6 is 0 Å². The minimum Gasteiger partial charge on any atom is -0.454 e. The Bertz CT molecular complexity index is 1210. The zero-order chi connectivity index (χ0) is 20.2. The Labute approximate surface area is 166 Å². The molecule has 0 atom stereocenters. The molecule has 7 nitrogen and oxygen atoms in total. The van der Waals surface area contributed by atoms with Gasteiger partial charge in [-0.2, -0.15) is 5.10 Å². The third-order valence-corrected chi connectivity index (χ3v) is 4.42. The van der Waals surface area contributed by atoms with Crippen LogP contribution in [0.3, 0.4) is 0 Å².